The number of rotatable bonds is 4. The van der Waals surface area contributed by atoms with Gasteiger partial charge in [0.05, 0.1) is 4.92 Å². The van der Waals surface area contributed by atoms with E-state index in [1.165, 1.54) is 0 Å². The summed E-state index contributed by atoms with van der Waals surface area (Å²) in [6.07, 6.45) is 1.07. The van der Waals surface area contributed by atoms with Gasteiger partial charge in [0.25, 0.3) is 0 Å². The van der Waals surface area contributed by atoms with Crippen LogP contribution >= 0.6 is 11.6 Å². The lowest BCUT2D eigenvalue weighted by atomic mass is 10.2. The van der Waals surface area contributed by atoms with Crippen molar-refractivity contribution >= 4 is 34.7 Å². The van der Waals surface area contributed by atoms with Crippen molar-refractivity contribution in [3.63, 3.8) is 0 Å². The van der Waals surface area contributed by atoms with Gasteiger partial charge in [-0.2, -0.15) is 4.98 Å². The fourth-order valence-corrected chi connectivity index (χ4v) is 1.66. The Balaban J connectivity index is 2.40. The third-order valence-electron chi connectivity index (χ3n) is 2.53. The molecule has 1 heterocycles. The Hall–Kier alpha value is -2.45. The first kappa shape index (κ1) is 14.0. The minimum absolute atomic E-state index is 0.0258. The van der Waals surface area contributed by atoms with E-state index in [0.717, 1.165) is 11.8 Å². The summed E-state index contributed by atoms with van der Waals surface area (Å²) in [6, 6.07) is 5.18. The number of anilines is 3. The number of aromatic nitrogens is 2. The summed E-state index contributed by atoms with van der Waals surface area (Å²) in [4.78, 5) is 18.0. The molecule has 0 unspecified atom stereocenters. The van der Waals surface area contributed by atoms with Gasteiger partial charge in [-0.3, -0.25) is 15.5 Å². The lowest BCUT2D eigenvalue weighted by molar-refractivity contribution is -0.384. The van der Waals surface area contributed by atoms with Crippen molar-refractivity contribution in [2.45, 2.75) is 6.92 Å². The Labute approximate surface area is 119 Å². The highest BCUT2D eigenvalue weighted by Crippen LogP contribution is 2.27. The third-order valence-corrected chi connectivity index (χ3v) is 2.94. The molecule has 1 aromatic carbocycles. The van der Waals surface area contributed by atoms with Crippen LogP contribution in [0.1, 0.15) is 5.56 Å². The second-order valence-electron chi connectivity index (χ2n) is 3.92. The summed E-state index contributed by atoms with van der Waals surface area (Å²) in [6.45, 7) is 1.86. The first-order valence-electron chi connectivity index (χ1n) is 5.52. The van der Waals surface area contributed by atoms with E-state index in [-0.39, 0.29) is 17.5 Å². The van der Waals surface area contributed by atoms with Crippen molar-refractivity contribution in [3.05, 3.63) is 45.1 Å². The average molecular weight is 295 g/mol. The second kappa shape index (κ2) is 5.68. The number of nitrogens with zero attached hydrogens (tertiary/aromatic N) is 3. The zero-order valence-electron chi connectivity index (χ0n) is 10.4. The first-order valence-corrected chi connectivity index (χ1v) is 5.90. The lowest BCUT2D eigenvalue weighted by Crippen LogP contribution is -2.12. The van der Waals surface area contributed by atoms with Gasteiger partial charge in [-0.15, -0.1) is 0 Å². The zero-order chi connectivity index (χ0) is 14.7. The summed E-state index contributed by atoms with van der Waals surface area (Å²) < 4.78 is 0. The van der Waals surface area contributed by atoms with Gasteiger partial charge in [-0.25, -0.2) is 10.8 Å². The van der Waals surface area contributed by atoms with Crippen molar-refractivity contribution in [1.29, 1.82) is 0 Å². The average Bonchev–Trinajstić information content (AvgIpc) is 2.42. The molecule has 0 spiro atoms. The molecule has 0 aliphatic carbocycles. The van der Waals surface area contributed by atoms with Crippen LogP contribution in [-0.2, 0) is 0 Å². The van der Waals surface area contributed by atoms with Gasteiger partial charge in [-0.05, 0) is 24.6 Å². The molecule has 0 fully saturated rings. The maximum absolute atomic E-state index is 10.9. The van der Waals surface area contributed by atoms with Gasteiger partial charge < -0.3 is 5.32 Å². The van der Waals surface area contributed by atoms with Crippen molar-refractivity contribution < 1.29 is 4.92 Å². The largest absolute Gasteiger partial charge is 0.334 e. The molecule has 0 radical (unpaired) electrons. The van der Waals surface area contributed by atoms with Crippen molar-refractivity contribution in [1.82, 2.24) is 9.97 Å². The first-order chi connectivity index (χ1) is 9.51. The Bertz CT molecular complexity index is 663. The van der Waals surface area contributed by atoms with E-state index in [1.54, 1.807) is 18.2 Å². The number of benzene rings is 1. The van der Waals surface area contributed by atoms with E-state index in [4.69, 9.17) is 17.4 Å². The lowest BCUT2D eigenvalue weighted by Gasteiger charge is -2.08. The zero-order valence-corrected chi connectivity index (χ0v) is 11.2. The van der Waals surface area contributed by atoms with Crippen LogP contribution in [0.25, 0.3) is 0 Å². The number of aryl methyl sites for hydroxylation is 1. The number of nitrogen functional groups attached to an aromatic ring is 1. The second-order valence-corrected chi connectivity index (χ2v) is 4.33. The Morgan fingerprint density at radius 3 is 2.80 bits per heavy atom. The Kier molecular flexibility index (Phi) is 3.97. The van der Waals surface area contributed by atoms with E-state index in [9.17, 15) is 10.1 Å². The molecular weight excluding hydrogens is 284 g/mol. The van der Waals surface area contributed by atoms with Crippen molar-refractivity contribution in [2.24, 2.45) is 5.84 Å². The molecule has 0 amide bonds. The van der Waals surface area contributed by atoms with Crippen LogP contribution in [-0.4, -0.2) is 14.9 Å². The summed E-state index contributed by atoms with van der Waals surface area (Å²) >= 11 is 6.00. The van der Waals surface area contributed by atoms with Gasteiger partial charge in [-0.1, -0.05) is 17.7 Å². The van der Waals surface area contributed by atoms with Gasteiger partial charge in [0.2, 0.25) is 11.8 Å². The molecule has 0 saturated heterocycles. The maximum Gasteiger partial charge on any atom is 0.329 e. The van der Waals surface area contributed by atoms with Crippen LogP contribution in [0.4, 0.5) is 23.1 Å². The third kappa shape index (κ3) is 2.92. The highest BCUT2D eigenvalue weighted by Gasteiger charge is 2.17. The number of nitrogens with one attached hydrogen (secondary N) is 2. The summed E-state index contributed by atoms with van der Waals surface area (Å²) in [5, 5.41) is 14.3. The number of nitro groups is 1. The fraction of sp³-hybridized carbons (Fsp3) is 0.0909. The fourth-order valence-electron chi connectivity index (χ4n) is 1.48. The quantitative estimate of drug-likeness (QED) is 0.450. The van der Waals surface area contributed by atoms with Crippen LogP contribution in [0, 0.1) is 17.0 Å². The van der Waals surface area contributed by atoms with E-state index >= 15 is 0 Å². The highest BCUT2D eigenvalue weighted by atomic mass is 35.5. The molecule has 4 N–H and O–H groups in total. The molecule has 1 aromatic heterocycles. The van der Waals surface area contributed by atoms with Crippen LogP contribution in [0.15, 0.2) is 24.4 Å². The molecule has 104 valence electrons. The molecule has 20 heavy (non-hydrogen) atoms. The molecule has 2 rings (SSSR count). The SMILES string of the molecule is Cc1ccc(Nc2nc(NN)ncc2[N+](=O)[O-])cc1Cl. The number of hydrogen-bond acceptors (Lipinski definition) is 7. The number of nitrogens with two attached hydrogens (primary N) is 1. The Morgan fingerprint density at radius 2 is 2.20 bits per heavy atom. The molecular formula is C11H11ClN6O2. The standard InChI is InChI=1S/C11H11ClN6O2/c1-6-2-3-7(4-8(6)12)15-10-9(18(19)20)5-14-11(16-10)17-13/h2-5H,13H2,1H3,(H2,14,15,16,17). The molecule has 8 nitrogen and oxygen atoms in total. The van der Waals surface area contributed by atoms with E-state index in [2.05, 4.69) is 20.7 Å². The number of hydrogen-bond donors (Lipinski definition) is 3. The molecule has 0 saturated carbocycles. The van der Waals surface area contributed by atoms with E-state index in [1.807, 2.05) is 6.92 Å². The van der Waals surface area contributed by atoms with Gasteiger partial charge in [0, 0.05) is 10.7 Å². The van der Waals surface area contributed by atoms with Crippen LogP contribution < -0.4 is 16.6 Å². The minimum atomic E-state index is -0.585. The predicted octanol–water partition coefficient (Wildman–Crippen LogP) is 2.38. The predicted molar refractivity (Wildman–Crippen MR) is 76.0 cm³/mol. The molecule has 0 aliphatic rings. The number of halogens is 1. The summed E-state index contributed by atoms with van der Waals surface area (Å²) in [5.41, 5.74) is 3.44. The van der Waals surface area contributed by atoms with Crippen molar-refractivity contribution in [3.8, 4) is 0 Å². The normalized spacial score (nSPS) is 10.2. The van der Waals surface area contributed by atoms with Crippen molar-refractivity contribution in [2.75, 3.05) is 10.7 Å². The van der Waals surface area contributed by atoms with Crippen LogP contribution in [0.2, 0.25) is 5.02 Å². The van der Waals surface area contributed by atoms with Gasteiger partial charge in [0.1, 0.15) is 6.20 Å². The van der Waals surface area contributed by atoms with Crippen LogP contribution in [0.3, 0.4) is 0 Å². The topological polar surface area (TPSA) is 119 Å². The monoisotopic (exact) mass is 294 g/mol. The highest BCUT2D eigenvalue weighted by molar-refractivity contribution is 6.31. The summed E-state index contributed by atoms with van der Waals surface area (Å²) in [5.74, 6) is 5.28. The van der Waals surface area contributed by atoms with E-state index < -0.39 is 4.92 Å². The maximum atomic E-state index is 10.9. The smallest absolute Gasteiger partial charge is 0.329 e. The number of hydrazine groups is 1. The van der Waals surface area contributed by atoms with Crippen LogP contribution in [0.5, 0.6) is 0 Å². The molecule has 0 aliphatic heterocycles. The van der Waals surface area contributed by atoms with Gasteiger partial charge >= 0.3 is 5.69 Å². The Morgan fingerprint density at radius 1 is 1.45 bits per heavy atom. The minimum Gasteiger partial charge on any atom is -0.334 e. The van der Waals surface area contributed by atoms with E-state index in [0.29, 0.717) is 10.7 Å². The molecule has 9 heteroatoms. The molecule has 0 atom stereocenters. The summed E-state index contributed by atoms with van der Waals surface area (Å²) in [7, 11) is 0. The van der Waals surface area contributed by atoms with Gasteiger partial charge in [0.15, 0.2) is 0 Å². The molecule has 0 bridgehead atoms. The molecule has 2 aromatic rings.